The minimum absolute atomic E-state index is 0.0116. The third-order valence-electron chi connectivity index (χ3n) is 3.62. The Labute approximate surface area is 111 Å². The zero-order chi connectivity index (χ0) is 13.9. The van der Waals surface area contributed by atoms with Crippen LogP contribution in [0.15, 0.2) is 12.4 Å². The number of anilines is 1. The van der Waals surface area contributed by atoms with Gasteiger partial charge in [-0.1, -0.05) is 19.8 Å². The Bertz CT molecular complexity index is 451. The lowest BCUT2D eigenvalue weighted by Crippen LogP contribution is -2.46. The molecule has 1 fully saturated rings. The zero-order valence-corrected chi connectivity index (χ0v) is 10.9. The van der Waals surface area contributed by atoms with Crippen LogP contribution in [-0.2, 0) is 0 Å². The molecule has 104 valence electrons. The van der Waals surface area contributed by atoms with Gasteiger partial charge in [-0.2, -0.15) is 0 Å². The second-order valence-corrected chi connectivity index (χ2v) is 5.29. The Morgan fingerprint density at radius 2 is 2.26 bits per heavy atom. The van der Waals surface area contributed by atoms with E-state index in [-0.39, 0.29) is 12.3 Å². The van der Waals surface area contributed by atoms with Gasteiger partial charge in [0.15, 0.2) is 0 Å². The number of aliphatic hydroxyl groups is 1. The van der Waals surface area contributed by atoms with E-state index in [9.17, 15) is 15.2 Å². The van der Waals surface area contributed by atoms with Crippen LogP contribution in [0.5, 0.6) is 0 Å². The van der Waals surface area contributed by atoms with Gasteiger partial charge in [-0.25, -0.2) is 9.97 Å². The highest BCUT2D eigenvalue weighted by molar-refractivity contribution is 5.34. The summed E-state index contributed by atoms with van der Waals surface area (Å²) in [5.41, 5.74) is -0.547. The van der Waals surface area contributed by atoms with Crippen LogP contribution in [0.4, 0.5) is 11.6 Å². The summed E-state index contributed by atoms with van der Waals surface area (Å²) in [6, 6.07) is 0. The Kier molecular flexibility index (Phi) is 3.94. The van der Waals surface area contributed by atoms with Crippen molar-refractivity contribution >= 4 is 11.6 Å². The lowest BCUT2D eigenvalue weighted by molar-refractivity contribution is -0.385. The number of nitrogens with one attached hydrogen (secondary N) is 1. The number of aliphatic hydroxyl groups excluding tert-OH is 1. The molecule has 1 aliphatic rings. The van der Waals surface area contributed by atoms with E-state index >= 15 is 0 Å². The first-order valence-electron chi connectivity index (χ1n) is 6.40. The second kappa shape index (κ2) is 5.48. The van der Waals surface area contributed by atoms with Crippen LogP contribution in [0.25, 0.3) is 0 Å². The summed E-state index contributed by atoms with van der Waals surface area (Å²) in [5.74, 6) is 0.861. The van der Waals surface area contributed by atoms with Crippen molar-refractivity contribution in [3.8, 4) is 0 Å². The van der Waals surface area contributed by atoms with E-state index in [0.717, 1.165) is 25.7 Å². The van der Waals surface area contributed by atoms with Gasteiger partial charge in [0, 0.05) is 0 Å². The smallest absolute Gasteiger partial charge is 0.305 e. The first-order valence-corrected chi connectivity index (χ1v) is 6.40. The Hall–Kier alpha value is -1.76. The van der Waals surface area contributed by atoms with Crippen LogP contribution in [-0.4, -0.2) is 32.1 Å². The summed E-state index contributed by atoms with van der Waals surface area (Å²) in [4.78, 5) is 17.9. The fraction of sp³-hybridized carbons (Fsp3) is 0.667. The maximum absolute atomic E-state index is 10.5. The van der Waals surface area contributed by atoms with Crippen molar-refractivity contribution in [1.82, 2.24) is 9.97 Å². The molecule has 1 aromatic heterocycles. The van der Waals surface area contributed by atoms with Gasteiger partial charge >= 0.3 is 5.69 Å². The molecule has 2 rings (SSSR count). The monoisotopic (exact) mass is 266 g/mol. The largest absolute Gasteiger partial charge is 0.394 e. The van der Waals surface area contributed by atoms with Crippen molar-refractivity contribution in [1.29, 1.82) is 0 Å². The molecule has 0 aliphatic heterocycles. The molecule has 1 aliphatic carbocycles. The van der Waals surface area contributed by atoms with Gasteiger partial charge in [-0.15, -0.1) is 0 Å². The van der Waals surface area contributed by atoms with E-state index in [1.807, 2.05) is 0 Å². The van der Waals surface area contributed by atoms with Crippen LogP contribution in [0, 0.1) is 16.0 Å². The summed E-state index contributed by atoms with van der Waals surface area (Å²) in [7, 11) is 0. The number of aromatic nitrogens is 2. The molecule has 2 N–H and O–H groups in total. The minimum Gasteiger partial charge on any atom is -0.394 e. The third kappa shape index (κ3) is 3.17. The van der Waals surface area contributed by atoms with Crippen molar-refractivity contribution in [3.63, 3.8) is 0 Å². The molecule has 0 amide bonds. The number of rotatable bonds is 4. The maximum Gasteiger partial charge on any atom is 0.305 e. The molecule has 0 saturated heterocycles. The summed E-state index contributed by atoms with van der Waals surface area (Å²) in [6.45, 7) is 2.17. The van der Waals surface area contributed by atoms with Crippen LogP contribution in [0.2, 0.25) is 0 Å². The number of hydrogen-bond donors (Lipinski definition) is 2. The Balaban J connectivity index is 2.11. The van der Waals surface area contributed by atoms with E-state index in [1.165, 1.54) is 12.4 Å². The number of hydrogen-bond acceptors (Lipinski definition) is 6. The van der Waals surface area contributed by atoms with Gasteiger partial charge in [0.05, 0.1) is 17.1 Å². The van der Waals surface area contributed by atoms with E-state index in [1.54, 1.807) is 0 Å². The van der Waals surface area contributed by atoms with Crippen LogP contribution < -0.4 is 5.32 Å². The molecular weight excluding hydrogens is 248 g/mol. The van der Waals surface area contributed by atoms with Gasteiger partial charge in [0.1, 0.15) is 12.4 Å². The second-order valence-electron chi connectivity index (χ2n) is 5.29. The Morgan fingerprint density at radius 1 is 1.58 bits per heavy atom. The zero-order valence-electron chi connectivity index (χ0n) is 10.9. The first-order chi connectivity index (χ1) is 9.04. The predicted molar refractivity (Wildman–Crippen MR) is 69.8 cm³/mol. The average Bonchev–Trinajstić information content (AvgIpc) is 2.39. The van der Waals surface area contributed by atoms with Gasteiger partial charge in [-0.3, -0.25) is 10.1 Å². The van der Waals surface area contributed by atoms with Crippen molar-refractivity contribution < 1.29 is 10.0 Å². The lowest BCUT2D eigenvalue weighted by atomic mass is 9.77. The highest BCUT2D eigenvalue weighted by Gasteiger charge is 2.35. The van der Waals surface area contributed by atoms with Gasteiger partial charge < -0.3 is 10.4 Å². The van der Waals surface area contributed by atoms with Crippen molar-refractivity contribution in [3.05, 3.63) is 22.5 Å². The molecule has 19 heavy (non-hydrogen) atoms. The average molecular weight is 266 g/mol. The molecule has 7 nitrogen and oxygen atoms in total. The number of nitro groups is 1. The molecule has 1 heterocycles. The van der Waals surface area contributed by atoms with Crippen molar-refractivity contribution in [2.75, 3.05) is 11.9 Å². The fourth-order valence-electron chi connectivity index (χ4n) is 2.67. The van der Waals surface area contributed by atoms with Crippen molar-refractivity contribution in [2.45, 2.75) is 38.1 Å². The molecule has 1 aromatic rings. The fourth-order valence-corrected chi connectivity index (χ4v) is 2.67. The van der Waals surface area contributed by atoms with Crippen LogP contribution in [0.3, 0.4) is 0 Å². The normalized spacial score (nSPS) is 26.9. The molecule has 1 saturated carbocycles. The van der Waals surface area contributed by atoms with Gasteiger partial charge in [-0.05, 0) is 18.8 Å². The highest BCUT2D eigenvalue weighted by atomic mass is 16.6. The van der Waals surface area contributed by atoms with Crippen LogP contribution in [0.1, 0.15) is 32.6 Å². The maximum atomic E-state index is 10.5. The molecular formula is C12H18N4O3. The third-order valence-corrected chi connectivity index (χ3v) is 3.62. The molecule has 2 unspecified atom stereocenters. The number of nitrogens with zero attached hydrogens (tertiary/aromatic N) is 3. The molecule has 0 radical (unpaired) electrons. The SMILES string of the molecule is CC1CCCC(CO)(Nc2ncc([N+](=O)[O-])cn2)C1. The first kappa shape index (κ1) is 13.7. The topological polar surface area (TPSA) is 101 Å². The molecule has 2 atom stereocenters. The molecule has 0 aromatic carbocycles. The summed E-state index contributed by atoms with van der Waals surface area (Å²) < 4.78 is 0. The molecule has 7 heteroatoms. The minimum atomic E-state index is -0.533. The van der Waals surface area contributed by atoms with E-state index < -0.39 is 10.5 Å². The van der Waals surface area contributed by atoms with E-state index in [2.05, 4.69) is 22.2 Å². The summed E-state index contributed by atoms with van der Waals surface area (Å²) >= 11 is 0. The molecule has 0 spiro atoms. The highest BCUT2D eigenvalue weighted by Crippen LogP contribution is 2.34. The van der Waals surface area contributed by atoms with E-state index in [4.69, 9.17) is 0 Å². The predicted octanol–water partition coefficient (Wildman–Crippen LogP) is 1.74. The summed E-state index contributed by atoms with van der Waals surface area (Å²) in [5, 5.41) is 23.3. The molecule has 0 bridgehead atoms. The van der Waals surface area contributed by atoms with Crippen molar-refractivity contribution in [2.24, 2.45) is 5.92 Å². The summed E-state index contributed by atoms with van der Waals surface area (Å²) in [6.07, 6.45) is 6.25. The lowest BCUT2D eigenvalue weighted by Gasteiger charge is -2.39. The van der Waals surface area contributed by atoms with E-state index in [0.29, 0.717) is 11.9 Å². The van der Waals surface area contributed by atoms with Crippen LogP contribution >= 0.6 is 0 Å². The van der Waals surface area contributed by atoms with Gasteiger partial charge in [0.2, 0.25) is 5.95 Å². The standard InChI is InChI=1S/C12H18N4O3/c1-9-3-2-4-12(5-9,8-17)15-11-13-6-10(7-14-11)16(18)19/h6-7,9,17H,2-5,8H2,1H3,(H,13,14,15). The van der Waals surface area contributed by atoms with Gasteiger partial charge in [0.25, 0.3) is 0 Å². The Morgan fingerprint density at radius 3 is 2.79 bits per heavy atom. The quantitative estimate of drug-likeness (QED) is 0.635.